The van der Waals surface area contributed by atoms with E-state index in [9.17, 15) is 9.59 Å². The number of amides is 1. The summed E-state index contributed by atoms with van der Waals surface area (Å²) in [6, 6.07) is 7.35. The second kappa shape index (κ2) is 8.68. The van der Waals surface area contributed by atoms with Crippen LogP contribution in [0.25, 0.3) is 16.2 Å². The van der Waals surface area contributed by atoms with Crippen molar-refractivity contribution in [1.82, 2.24) is 24.4 Å². The van der Waals surface area contributed by atoms with Crippen molar-refractivity contribution in [3.63, 3.8) is 0 Å². The first-order valence-electron chi connectivity index (χ1n) is 10.5. The molecule has 0 radical (unpaired) electrons. The number of thiazole rings is 1. The number of methoxy groups -OCH3 is 1. The summed E-state index contributed by atoms with van der Waals surface area (Å²) >= 11 is 1.23. The van der Waals surface area contributed by atoms with E-state index in [1.54, 1.807) is 38.0 Å². The fraction of sp³-hybridized carbons (Fsp3) is 0.273. The van der Waals surface area contributed by atoms with E-state index in [0.717, 1.165) is 31.9 Å². The molecule has 11 heteroatoms. The molecule has 1 fully saturated rings. The number of nitrogens with one attached hydrogen (secondary N) is 2. The molecule has 0 bridgehead atoms. The lowest BCUT2D eigenvalue weighted by atomic mass is 10.2. The van der Waals surface area contributed by atoms with Gasteiger partial charge in [-0.15, -0.1) is 11.3 Å². The predicted molar refractivity (Wildman–Crippen MR) is 128 cm³/mol. The maximum absolute atomic E-state index is 13.0. The van der Waals surface area contributed by atoms with E-state index in [4.69, 9.17) is 4.74 Å². The zero-order valence-electron chi connectivity index (χ0n) is 18.2. The topological polar surface area (TPSA) is 106 Å². The number of aromatic nitrogens is 4. The Morgan fingerprint density at radius 2 is 2.06 bits per heavy atom. The molecule has 1 aliphatic heterocycles. The third-order valence-electron chi connectivity index (χ3n) is 5.67. The van der Waals surface area contributed by atoms with Gasteiger partial charge in [-0.1, -0.05) is 6.07 Å². The SMILES string of the molecule is COc1cccc2c1n(C)c(=O)n2-c1nc(C(=O)Nc2cnccc2N2CCNCC2)cs1. The summed E-state index contributed by atoms with van der Waals surface area (Å²) in [4.78, 5) is 36.8. The molecule has 33 heavy (non-hydrogen) atoms. The van der Waals surface area contributed by atoms with E-state index in [2.05, 4.69) is 25.5 Å². The standard InChI is InChI=1S/C22H23N7O3S/c1-27-19-17(4-3-5-18(19)32-2)29(22(27)31)21-26-15(13-33-21)20(30)25-14-12-24-7-6-16(14)28-10-8-23-9-11-28/h3-7,12-13,23H,8-11H2,1-2H3,(H,25,30). The van der Waals surface area contributed by atoms with Crippen LogP contribution in [0.15, 0.2) is 46.8 Å². The Morgan fingerprint density at radius 3 is 2.85 bits per heavy atom. The molecule has 4 heterocycles. The fourth-order valence-corrected chi connectivity index (χ4v) is 4.86. The predicted octanol–water partition coefficient (Wildman–Crippen LogP) is 1.85. The molecule has 0 spiro atoms. The molecule has 1 amide bonds. The number of piperazine rings is 1. The third kappa shape index (κ3) is 3.74. The number of pyridine rings is 1. The highest BCUT2D eigenvalue weighted by molar-refractivity contribution is 7.12. The highest BCUT2D eigenvalue weighted by atomic mass is 32.1. The first-order chi connectivity index (χ1) is 16.1. The molecule has 1 aliphatic rings. The Bertz CT molecular complexity index is 1380. The number of carbonyl (C=O) groups is 1. The highest BCUT2D eigenvalue weighted by Crippen LogP contribution is 2.28. The minimum Gasteiger partial charge on any atom is -0.494 e. The van der Waals surface area contributed by atoms with Gasteiger partial charge < -0.3 is 20.3 Å². The van der Waals surface area contributed by atoms with E-state index >= 15 is 0 Å². The summed E-state index contributed by atoms with van der Waals surface area (Å²) in [6.45, 7) is 3.47. The Morgan fingerprint density at radius 1 is 1.24 bits per heavy atom. The van der Waals surface area contributed by atoms with Gasteiger partial charge in [-0.05, 0) is 18.2 Å². The molecule has 5 rings (SSSR count). The van der Waals surface area contributed by atoms with Gasteiger partial charge in [-0.2, -0.15) is 0 Å². The van der Waals surface area contributed by atoms with Gasteiger partial charge in [0.2, 0.25) is 0 Å². The smallest absolute Gasteiger partial charge is 0.335 e. The highest BCUT2D eigenvalue weighted by Gasteiger charge is 2.21. The molecular weight excluding hydrogens is 442 g/mol. The van der Waals surface area contributed by atoms with Gasteiger partial charge in [0, 0.05) is 44.8 Å². The van der Waals surface area contributed by atoms with Crippen molar-refractivity contribution in [2.24, 2.45) is 7.05 Å². The number of nitrogens with zero attached hydrogens (tertiary/aromatic N) is 5. The summed E-state index contributed by atoms with van der Waals surface area (Å²) in [5, 5.41) is 8.32. The van der Waals surface area contributed by atoms with Gasteiger partial charge in [-0.3, -0.25) is 14.3 Å². The van der Waals surface area contributed by atoms with E-state index in [-0.39, 0.29) is 17.3 Å². The van der Waals surface area contributed by atoms with Crippen LogP contribution in [0, 0.1) is 0 Å². The van der Waals surface area contributed by atoms with Gasteiger partial charge in [0.1, 0.15) is 17.0 Å². The largest absolute Gasteiger partial charge is 0.494 e. The monoisotopic (exact) mass is 465 g/mol. The van der Waals surface area contributed by atoms with Gasteiger partial charge in [-0.25, -0.2) is 14.3 Å². The number of hydrogen-bond donors (Lipinski definition) is 2. The average molecular weight is 466 g/mol. The van der Waals surface area contributed by atoms with Crippen LogP contribution in [0.4, 0.5) is 11.4 Å². The van der Waals surface area contributed by atoms with Crippen molar-refractivity contribution in [2.75, 3.05) is 43.5 Å². The second-order valence-electron chi connectivity index (χ2n) is 7.60. The van der Waals surface area contributed by atoms with Crippen LogP contribution >= 0.6 is 11.3 Å². The summed E-state index contributed by atoms with van der Waals surface area (Å²) in [6.07, 6.45) is 3.36. The normalized spacial score (nSPS) is 13.9. The van der Waals surface area contributed by atoms with Crippen molar-refractivity contribution in [2.45, 2.75) is 0 Å². The maximum atomic E-state index is 13.0. The van der Waals surface area contributed by atoms with Crippen LogP contribution < -0.4 is 26.0 Å². The molecule has 2 N–H and O–H groups in total. The first-order valence-corrected chi connectivity index (χ1v) is 11.4. The number of fused-ring (bicyclic) bond motifs is 1. The summed E-state index contributed by atoms with van der Waals surface area (Å²) in [5.74, 6) is 0.241. The van der Waals surface area contributed by atoms with Gasteiger partial charge in [0.15, 0.2) is 5.13 Å². The molecular formula is C22H23N7O3S. The van der Waals surface area contributed by atoms with E-state index in [1.807, 2.05) is 18.2 Å². The molecule has 0 saturated carbocycles. The van der Waals surface area contributed by atoms with Crippen molar-refractivity contribution in [3.8, 4) is 10.9 Å². The Hall–Kier alpha value is -3.70. The van der Waals surface area contributed by atoms with E-state index in [0.29, 0.717) is 27.6 Å². The number of ether oxygens (including phenoxy) is 1. The number of anilines is 2. The summed E-state index contributed by atoms with van der Waals surface area (Å²) in [7, 11) is 3.25. The number of benzene rings is 1. The fourth-order valence-electron chi connectivity index (χ4n) is 4.05. The van der Waals surface area contributed by atoms with Crippen LogP contribution in [0.3, 0.4) is 0 Å². The van der Waals surface area contributed by atoms with Crippen LogP contribution in [-0.2, 0) is 7.05 Å². The molecule has 1 saturated heterocycles. The molecule has 0 aliphatic carbocycles. The van der Waals surface area contributed by atoms with Crippen LogP contribution in [0.2, 0.25) is 0 Å². The lowest BCUT2D eigenvalue weighted by Crippen LogP contribution is -2.43. The number of rotatable bonds is 5. The van der Waals surface area contributed by atoms with E-state index < -0.39 is 0 Å². The number of aryl methyl sites for hydroxylation is 1. The Labute approximate surface area is 193 Å². The van der Waals surface area contributed by atoms with Gasteiger partial charge >= 0.3 is 5.69 Å². The molecule has 170 valence electrons. The summed E-state index contributed by atoms with van der Waals surface area (Å²) < 4.78 is 8.43. The van der Waals surface area contributed by atoms with E-state index in [1.165, 1.54) is 20.5 Å². The minimum atomic E-state index is -0.354. The molecule has 3 aromatic heterocycles. The number of carbonyl (C=O) groups excluding carboxylic acids is 1. The van der Waals surface area contributed by atoms with Crippen LogP contribution in [0.1, 0.15) is 10.5 Å². The lowest BCUT2D eigenvalue weighted by Gasteiger charge is -2.30. The van der Waals surface area contributed by atoms with Crippen LogP contribution in [-0.4, -0.2) is 58.3 Å². The quantitative estimate of drug-likeness (QED) is 0.463. The molecule has 1 aromatic carbocycles. The number of imidazole rings is 1. The molecule has 10 nitrogen and oxygen atoms in total. The number of hydrogen-bond acceptors (Lipinski definition) is 8. The molecule has 0 atom stereocenters. The van der Waals surface area contributed by atoms with Gasteiger partial charge in [0.25, 0.3) is 5.91 Å². The Kier molecular flexibility index (Phi) is 5.56. The minimum absolute atomic E-state index is 0.233. The van der Waals surface area contributed by atoms with Crippen molar-refractivity contribution < 1.29 is 9.53 Å². The Balaban J connectivity index is 1.46. The molecule has 0 unspecified atom stereocenters. The zero-order valence-corrected chi connectivity index (χ0v) is 19.1. The third-order valence-corrected chi connectivity index (χ3v) is 6.50. The zero-order chi connectivity index (χ0) is 22.9. The van der Waals surface area contributed by atoms with Gasteiger partial charge in [0.05, 0.1) is 30.2 Å². The second-order valence-corrected chi connectivity index (χ2v) is 8.44. The lowest BCUT2D eigenvalue weighted by molar-refractivity contribution is 0.102. The summed E-state index contributed by atoms with van der Waals surface area (Å²) in [5.41, 5.74) is 2.86. The first kappa shape index (κ1) is 21.2. The van der Waals surface area contributed by atoms with Crippen LogP contribution in [0.5, 0.6) is 5.75 Å². The average Bonchev–Trinajstić information content (AvgIpc) is 3.43. The number of para-hydroxylation sites is 1. The van der Waals surface area contributed by atoms with Crippen molar-refractivity contribution in [3.05, 3.63) is 58.2 Å². The van der Waals surface area contributed by atoms with Crippen molar-refractivity contribution >= 4 is 39.7 Å². The van der Waals surface area contributed by atoms with Crippen molar-refractivity contribution in [1.29, 1.82) is 0 Å². The molecule has 4 aromatic rings. The maximum Gasteiger partial charge on any atom is 0.335 e.